The molecule has 0 unspecified atom stereocenters. The van der Waals surface area contributed by atoms with Crippen molar-refractivity contribution in [2.45, 2.75) is 24.7 Å². The molecule has 0 N–H and O–H groups in total. The Kier molecular flexibility index (Phi) is 2.58. The highest BCUT2D eigenvalue weighted by atomic mass is 32.2. The molecule has 4 heteroatoms. The third-order valence-electron chi connectivity index (χ3n) is 1.58. The zero-order valence-electron chi connectivity index (χ0n) is 7.37. The fourth-order valence-corrected chi connectivity index (χ4v) is 3.44. The van der Waals surface area contributed by atoms with Gasteiger partial charge in [0.15, 0.2) is 9.84 Å². The maximum atomic E-state index is 11.2. The van der Waals surface area contributed by atoms with Gasteiger partial charge in [-0.25, -0.2) is 8.42 Å². The normalized spacial score (nSPS) is 12.3. The first kappa shape index (κ1) is 9.74. The first-order valence-electron chi connectivity index (χ1n) is 3.70. The minimum atomic E-state index is -3.02. The first-order valence-corrected chi connectivity index (χ1v) is 6.47. The third-order valence-corrected chi connectivity index (χ3v) is 4.08. The summed E-state index contributed by atoms with van der Waals surface area (Å²) in [6.45, 7) is 4.00. The molecule has 0 aromatic carbocycles. The zero-order chi connectivity index (χ0) is 9.35. The van der Waals surface area contributed by atoms with Crippen LogP contribution in [0.15, 0.2) is 16.3 Å². The molecule has 0 bridgehead atoms. The number of thiophene rings is 1. The predicted octanol–water partition coefficient (Wildman–Crippen LogP) is 2.28. The minimum absolute atomic E-state index is 0.287. The van der Waals surface area contributed by atoms with Crippen molar-refractivity contribution in [1.29, 1.82) is 0 Å². The van der Waals surface area contributed by atoms with Crippen molar-refractivity contribution < 1.29 is 8.42 Å². The van der Waals surface area contributed by atoms with Crippen molar-refractivity contribution in [3.8, 4) is 0 Å². The SMILES string of the molecule is CC(C)c1sccc1S(C)(=O)=O. The summed E-state index contributed by atoms with van der Waals surface area (Å²) in [5, 5.41) is 1.83. The van der Waals surface area contributed by atoms with Crippen LogP contribution in [0.3, 0.4) is 0 Å². The van der Waals surface area contributed by atoms with E-state index in [1.165, 1.54) is 17.6 Å². The molecule has 1 aromatic rings. The molecule has 1 heterocycles. The van der Waals surface area contributed by atoms with E-state index >= 15 is 0 Å². The lowest BCUT2D eigenvalue weighted by atomic mass is 10.2. The van der Waals surface area contributed by atoms with Crippen LogP contribution in [-0.4, -0.2) is 14.7 Å². The van der Waals surface area contributed by atoms with Crippen molar-refractivity contribution in [2.75, 3.05) is 6.26 Å². The lowest BCUT2D eigenvalue weighted by Gasteiger charge is -2.03. The van der Waals surface area contributed by atoms with Gasteiger partial charge in [0.05, 0.1) is 4.90 Å². The second-order valence-electron chi connectivity index (χ2n) is 3.08. The van der Waals surface area contributed by atoms with Crippen LogP contribution in [-0.2, 0) is 9.84 Å². The molecule has 0 aliphatic heterocycles. The summed E-state index contributed by atoms with van der Waals surface area (Å²) in [5.74, 6) is 0.287. The molecule has 0 aliphatic rings. The molecule has 0 atom stereocenters. The van der Waals surface area contributed by atoms with Gasteiger partial charge in [-0.05, 0) is 17.4 Å². The van der Waals surface area contributed by atoms with Crippen LogP contribution in [0, 0.1) is 0 Å². The fourth-order valence-electron chi connectivity index (χ4n) is 1.04. The van der Waals surface area contributed by atoms with E-state index in [9.17, 15) is 8.42 Å². The summed E-state index contributed by atoms with van der Waals surface area (Å²) in [4.78, 5) is 1.44. The lowest BCUT2D eigenvalue weighted by molar-refractivity contribution is 0.600. The van der Waals surface area contributed by atoms with Crippen LogP contribution in [0.5, 0.6) is 0 Å². The molecule has 68 valence electrons. The number of hydrogen-bond acceptors (Lipinski definition) is 3. The van der Waals surface area contributed by atoms with Gasteiger partial charge in [0, 0.05) is 11.1 Å². The van der Waals surface area contributed by atoms with Gasteiger partial charge in [-0.1, -0.05) is 13.8 Å². The highest BCUT2D eigenvalue weighted by molar-refractivity contribution is 7.90. The van der Waals surface area contributed by atoms with E-state index in [1.807, 2.05) is 19.2 Å². The molecule has 0 amide bonds. The van der Waals surface area contributed by atoms with Gasteiger partial charge in [-0.3, -0.25) is 0 Å². The van der Waals surface area contributed by atoms with Crippen LogP contribution in [0.2, 0.25) is 0 Å². The maximum absolute atomic E-state index is 11.2. The van der Waals surface area contributed by atoms with E-state index in [1.54, 1.807) is 6.07 Å². The van der Waals surface area contributed by atoms with Gasteiger partial charge in [-0.2, -0.15) is 0 Å². The standard InChI is InChI=1S/C8H12O2S2/c1-6(2)8-7(4-5-11-8)12(3,9)10/h4-6H,1-3H3. The van der Waals surface area contributed by atoms with Gasteiger partial charge in [0.25, 0.3) is 0 Å². The zero-order valence-corrected chi connectivity index (χ0v) is 9.00. The van der Waals surface area contributed by atoms with Crippen LogP contribution >= 0.6 is 11.3 Å². The van der Waals surface area contributed by atoms with E-state index in [2.05, 4.69) is 0 Å². The summed E-state index contributed by atoms with van der Waals surface area (Å²) in [6, 6.07) is 1.68. The third kappa shape index (κ3) is 1.87. The van der Waals surface area contributed by atoms with Gasteiger partial charge in [-0.15, -0.1) is 11.3 Å². The smallest absolute Gasteiger partial charge is 0.176 e. The Hall–Kier alpha value is -0.350. The molecular formula is C8H12O2S2. The summed E-state index contributed by atoms with van der Waals surface area (Å²) in [5.41, 5.74) is 0. The number of rotatable bonds is 2. The maximum Gasteiger partial charge on any atom is 0.176 e. The molecule has 0 saturated carbocycles. The van der Waals surface area contributed by atoms with Crippen molar-refractivity contribution in [3.63, 3.8) is 0 Å². The molecule has 0 aliphatic carbocycles. The highest BCUT2D eigenvalue weighted by Crippen LogP contribution is 2.28. The molecule has 0 fully saturated rings. The second-order valence-corrected chi connectivity index (χ2v) is 6.01. The Balaban J connectivity index is 3.26. The number of sulfone groups is 1. The number of hydrogen-bond donors (Lipinski definition) is 0. The van der Waals surface area contributed by atoms with Crippen molar-refractivity contribution in [3.05, 3.63) is 16.3 Å². The summed E-state index contributed by atoms with van der Waals surface area (Å²) in [6.07, 6.45) is 1.25. The minimum Gasteiger partial charge on any atom is -0.224 e. The van der Waals surface area contributed by atoms with Crippen LogP contribution in [0.4, 0.5) is 0 Å². The average Bonchev–Trinajstić information content (AvgIpc) is 2.30. The molecule has 0 radical (unpaired) electrons. The molecule has 0 saturated heterocycles. The van der Waals surface area contributed by atoms with Crippen LogP contribution in [0.25, 0.3) is 0 Å². The molecule has 12 heavy (non-hydrogen) atoms. The molecule has 1 aromatic heterocycles. The summed E-state index contributed by atoms with van der Waals surface area (Å²) < 4.78 is 22.5. The first-order chi connectivity index (χ1) is 5.43. The molecular weight excluding hydrogens is 192 g/mol. The molecule has 1 rings (SSSR count). The predicted molar refractivity (Wildman–Crippen MR) is 51.5 cm³/mol. The van der Waals surface area contributed by atoms with E-state index < -0.39 is 9.84 Å². The van der Waals surface area contributed by atoms with Gasteiger partial charge < -0.3 is 0 Å². The van der Waals surface area contributed by atoms with Gasteiger partial charge >= 0.3 is 0 Å². The Bertz CT molecular complexity index is 360. The van der Waals surface area contributed by atoms with Gasteiger partial charge in [0.2, 0.25) is 0 Å². The summed E-state index contributed by atoms with van der Waals surface area (Å²) in [7, 11) is -3.02. The largest absolute Gasteiger partial charge is 0.224 e. The van der Waals surface area contributed by atoms with Crippen molar-refractivity contribution in [2.24, 2.45) is 0 Å². The van der Waals surface area contributed by atoms with Gasteiger partial charge in [0.1, 0.15) is 0 Å². The highest BCUT2D eigenvalue weighted by Gasteiger charge is 2.16. The van der Waals surface area contributed by atoms with Crippen LogP contribution in [0.1, 0.15) is 24.6 Å². The average molecular weight is 204 g/mol. The Morgan fingerprint density at radius 1 is 1.42 bits per heavy atom. The van der Waals surface area contributed by atoms with E-state index in [0.29, 0.717) is 4.90 Å². The van der Waals surface area contributed by atoms with Crippen molar-refractivity contribution in [1.82, 2.24) is 0 Å². The van der Waals surface area contributed by atoms with E-state index in [-0.39, 0.29) is 5.92 Å². The lowest BCUT2D eigenvalue weighted by Crippen LogP contribution is -1.99. The second kappa shape index (κ2) is 3.18. The molecule has 0 spiro atoms. The Morgan fingerprint density at radius 2 is 2.00 bits per heavy atom. The van der Waals surface area contributed by atoms with Crippen molar-refractivity contribution >= 4 is 21.2 Å². The van der Waals surface area contributed by atoms with Crippen LogP contribution < -0.4 is 0 Å². The topological polar surface area (TPSA) is 34.1 Å². The monoisotopic (exact) mass is 204 g/mol. The Labute approximate surface area is 77.2 Å². The quantitative estimate of drug-likeness (QED) is 0.740. The van der Waals surface area contributed by atoms with E-state index in [0.717, 1.165) is 4.88 Å². The summed E-state index contributed by atoms with van der Waals surface area (Å²) >= 11 is 1.51. The Morgan fingerprint density at radius 3 is 2.33 bits per heavy atom. The fraction of sp³-hybridized carbons (Fsp3) is 0.500. The molecule has 2 nitrogen and oxygen atoms in total. The van der Waals surface area contributed by atoms with E-state index in [4.69, 9.17) is 0 Å².